The molecule has 2 heterocycles. The fraction of sp³-hybridized carbons (Fsp3) is 0.217. The van der Waals surface area contributed by atoms with E-state index in [0.29, 0.717) is 23.4 Å². The van der Waals surface area contributed by atoms with Crippen LogP contribution in [0, 0.1) is 5.82 Å². The Morgan fingerprint density at radius 1 is 1.21 bits per heavy atom. The summed E-state index contributed by atoms with van der Waals surface area (Å²) in [6.07, 6.45) is 3.49. The summed E-state index contributed by atoms with van der Waals surface area (Å²) in [7, 11) is 1.53. The number of halogens is 3. The van der Waals surface area contributed by atoms with Crippen LogP contribution in [0.25, 0.3) is 16.5 Å². The van der Waals surface area contributed by atoms with Crippen molar-refractivity contribution < 1.29 is 18.7 Å². The van der Waals surface area contributed by atoms with Gasteiger partial charge in [-0.15, -0.1) is 0 Å². The number of carboxylic acids is 1. The molecule has 0 unspecified atom stereocenters. The summed E-state index contributed by atoms with van der Waals surface area (Å²) >= 11 is 5.81. The van der Waals surface area contributed by atoms with Gasteiger partial charge in [0.05, 0.1) is 22.6 Å². The molecule has 0 amide bonds. The number of fused-ring (bicyclic) bond motifs is 1. The summed E-state index contributed by atoms with van der Waals surface area (Å²) in [6.45, 7) is 1.69. The van der Waals surface area contributed by atoms with Crippen LogP contribution in [0.15, 0.2) is 47.0 Å². The number of carbonyl (C=O) groups is 1. The quantitative estimate of drug-likeness (QED) is 0.506. The second-order valence-corrected chi connectivity index (χ2v) is 8.08. The van der Waals surface area contributed by atoms with Crippen molar-refractivity contribution in [2.75, 3.05) is 5.32 Å². The van der Waals surface area contributed by atoms with E-state index in [1.54, 1.807) is 13.0 Å². The first kappa shape index (κ1) is 22.6. The maximum Gasteiger partial charge on any atom is 0.356 e. The second kappa shape index (κ2) is 8.74. The number of hydrogen-bond acceptors (Lipinski definition) is 5. The van der Waals surface area contributed by atoms with Gasteiger partial charge in [0.25, 0.3) is 5.56 Å². The number of nitrogens with one attached hydrogen (secondary N) is 1. The molecule has 7 nitrogen and oxygen atoms in total. The number of pyridine rings is 1. The molecule has 3 aromatic rings. The predicted octanol–water partition coefficient (Wildman–Crippen LogP) is 5.02. The number of benzene rings is 1. The Morgan fingerprint density at radius 3 is 2.64 bits per heavy atom. The fourth-order valence-corrected chi connectivity index (χ4v) is 3.95. The van der Waals surface area contributed by atoms with Gasteiger partial charge in [-0.1, -0.05) is 17.7 Å². The van der Waals surface area contributed by atoms with Gasteiger partial charge in [0.15, 0.2) is 5.69 Å². The highest BCUT2D eigenvalue weighted by molar-refractivity contribution is 6.29. The molecule has 10 heteroatoms. The van der Waals surface area contributed by atoms with Crippen LogP contribution >= 0.6 is 11.6 Å². The summed E-state index contributed by atoms with van der Waals surface area (Å²) < 4.78 is 29.3. The number of hydrogen-bond donors (Lipinski definition) is 2. The molecule has 0 saturated carbocycles. The molecule has 33 heavy (non-hydrogen) atoms. The Kier molecular flexibility index (Phi) is 5.99. The molecule has 0 aliphatic heterocycles. The summed E-state index contributed by atoms with van der Waals surface area (Å²) in [5.74, 6) is -1.81. The largest absolute Gasteiger partial charge is 0.476 e. The highest BCUT2D eigenvalue weighted by atomic mass is 35.5. The molecule has 0 saturated heterocycles. The van der Waals surface area contributed by atoms with Gasteiger partial charge in [-0.3, -0.25) is 9.36 Å². The van der Waals surface area contributed by atoms with E-state index >= 15 is 0 Å². The van der Waals surface area contributed by atoms with Crippen molar-refractivity contribution >= 4 is 39.7 Å². The second-order valence-electron chi connectivity index (χ2n) is 7.70. The minimum atomic E-state index is -1.28. The molecule has 1 atom stereocenters. The van der Waals surface area contributed by atoms with E-state index in [2.05, 4.69) is 15.3 Å². The predicted molar refractivity (Wildman–Crippen MR) is 122 cm³/mol. The fourth-order valence-electron chi connectivity index (χ4n) is 3.81. The van der Waals surface area contributed by atoms with Gasteiger partial charge < -0.3 is 10.4 Å². The Bertz CT molecular complexity index is 1420. The maximum atomic E-state index is 14.5. The lowest BCUT2D eigenvalue weighted by Crippen LogP contribution is -2.24. The topological polar surface area (TPSA) is 97.1 Å². The van der Waals surface area contributed by atoms with E-state index < -0.39 is 23.4 Å². The monoisotopic (exact) mass is 472 g/mol. The Hall–Kier alpha value is -3.59. The maximum absolute atomic E-state index is 14.5. The average Bonchev–Trinajstić information content (AvgIpc) is 2.77. The molecule has 1 aliphatic rings. The van der Waals surface area contributed by atoms with Crippen LogP contribution in [0.2, 0.25) is 5.15 Å². The van der Waals surface area contributed by atoms with Gasteiger partial charge in [-0.05, 0) is 49.3 Å². The summed E-state index contributed by atoms with van der Waals surface area (Å²) in [5, 5.41) is 12.5. The van der Waals surface area contributed by atoms with E-state index in [1.165, 1.54) is 35.9 Å². The van der Waals surface area contributed by atoms with E-state index in [1.807, 2.05) is 0 Å². The average molecular weight is 473 g/mol. The normalized spacial score (nSPS) is 14.6. The highest BCUT2D eigenvalue weighted by Gasteiger charge is 2.21. The van der Waals surface area contributed by atoms with Crippen LogP contribution in [0.5, 0.6) is 0 Å². The zero-order valence-electron chi connectivity index (χ0n) is 17.7. The minimum absolute atomic E-state index is 0.0165. The molecule has 0 radical (unpaired) electrons. The number of carboxylic acid groups (broad SMARTS) is 1. The number of allylic oxidation sites excluding steroid dienone is 4. The zero-order chi connectivity index (χ0) is 23.9. The van der Waals surface area contributed by atoms with Crippen molar-refractivity contribution in [2.24, 2.45) is 7.05 Å². The molecule has 2 N–H and O–H groups in total. The first-order valence-electron chi connectivity index (χ1n) is 10.1. The van der Waals surface area contributed by atoms with Gasteiger partial charge in [0, 0.05) is 19.0 Å². The van der Waals surface area contributed by atoms with Crippen molar-refractivity contribution in [1.29, 1.82) is 0 Å². The molecule has 0 fully saturated rings. The van der Waals surface area contributed by atoms with Crippen LogP contribution in [-0.2, 0) is 7.05 Å². The Labute approximate surface area is 192 Å². The highest BCUT2D eigenvalue weighted by Crippen LogP contribution is 2.30. The van der Waals surface area contributed by atoms with Crippen LogP contribution in [0.4, 0.5) is 14.5 Å². The van der Waals surface area contributed by atoms with E-state index in [4.69, 9.17) is 11.6 Å². The van der Waals surface area contributed by atoms with Gasteiger partial charge in [0.1, 0.15) is 22.6 Å². The molecule has 0 spiro atoms. The summed E-state index contributed by atoms with van der Waals surface area (Å²) in [6, 6.07) is 4.61. The first-order chi connectivity index (χ1) is 15.7. The standard InChI is InChI=1S/C23H19ClF2N4O3/c1-11(27-17-7-8-18(24)28-20(17)23(32)33)15-9-14(26)10-16-19(15)29-21(30(2)22(16)31)12-3-5-13(25)6-4-12/h3,5,7-11,27H,4,6H2,1-2H3,(H,32,33)/t11-/m0/s1. The van der Waals surface area contributed by atoms with Gasteiger partial charge in [-0.2, -0.15) is 0 Å². The minimum Gasteiger partial charge on any atom is -0.476 e. The third kappa shape index (κ3) is 4.36. The van der Waals surface area contributed by atoms with Gasteiger partial charge in [-0.25, -0.2) is 23.5 Å². The molecule has 170 valence electrons. The number of rotatable bonds is 5. The van der Waals surface area contributed by atoms with Crippen molar-refractivity contribution in [3.05, 3.63) is 80.7 Å². The molecule has 1 aromatic carbocycles. The third-order valence-corrected chi connectivity index (χ3v) is 5.67. The molecule has 4 rings (SSSR count). The molecular weight excluding hydrogens is 454 g/mol. The first-order valence-corrected chi connectivity index (χ1v) is 10.5. The number of aromatic nitrogens is 3. The third-order valence-electron chi connectivity index (χ3n) is 5.46. The van der Waals surface area contributed by atoms with Crippen molar-refractivity contribution in [3.63, 3.8) is 0 Å². The molecule has 1 aliphatic carbocycles. The van der Waals surface area contributed by atoms with Crippen LogP contribution in [0.1, 0.15) is 47.7 Å². The number of aromatic carboxylic acids is 1. The smallest absolute Gasteiger partial charge is 0.356 e. The van der Waals surface area contributed by atoms with Crippen LogP contribution < -0.4 is 10.9 Å². The summed E-state index contributed by atoms with van der Waals surface area (Å²) in [5.41, 5.74) is 0.747. The number of nitrogens with zero attached hydrogens (tertiary/aromatic N) is 3. The van der Waals surface area contributed by atoms with E-state index in [9.17, 15) is 23.5 Å². The summed E-state index contributed by atoms with van der Waals surface area (Å²) in [4.78, 5) is 33.1. The number of anilines is 1. The molecule has 2 aromatic heterocycles. The van der Waals surface area contributed by atoms with Gasteiger partial charge >= 0.3 is 5.97 Å². The van der Waals surface area contributed by atoms with E-state index in [-0.39, 0.29) is 39.7 Å². The van der Waals surface area contributed by atoms with E-state index in [0.717, 1.165) is 6.07 Å². The lowest BCUT2D eigenvalue weighted by Gasteiger charge is -2.20. The van der Waals surface area contributed by atoms with Crippen LogP contribution in [-0.4, -0.2) is 25.6 Å². The van der Waals surface area contributed by atoms with Crippen LogP contribution in [0.3, 0.4) is 0 Å². The Morgan fingerprint density at radius 2 is 1.97 bits per heavy atom. The lowest BCUT2D eigenvalue weighted by atomic mass is 10.0. The zero-order valence-corrected chi connectivity index (χ0v) is 18.5. The van der Waals surface area contributed by atoms with Crippen molar-refractivity contribution in [1.82, 2.24) is 14.5 Å². The van der Waals surface area contributed by atoms with Crippen molar-refractivity contribution in [3.8, 4) is 0 Å². The lowest BCUT2D eigenvalue weighted by molar-refractivity contribution is 0.0691. The van der Waals surface area contributed by atoms with Crippen molar-refractivity contribution in [2.45, 2.75) is 25.8 Å². The molecule has 0 bridgehead atoms. The SMILES string of the molecule is C[C@H](Nc1ccc(Cl)nc1C(=O)O)c1cc(F)cc2c(=O)n(C)c(C3=CC=C(F)CC3)nc12. The molecular formula is C23H19ClF2N4O3. The Balaban J connectivity index is 1.86. The van der Waals surface area contributed by atoms with Gasteiger partial charge in [0.2, 0.25) is 0 Å².